The second-order valence-electron chi connectivity index (χ2n) is 7.61. The van der Waals surface area contributed by atoms with Gasteiger partial charge in [-0.05, 0) is 55.5 Å². The van der Waals surface area contributed by atoms with Gasteiger partial charge in [0.25, 0.3) is 0 Å². The summed E-state index contributed by atoms with van der Waals surface area (Å²) in [6.45, 7) is 2.24. The molecule has 1 aromatic carbocycles. The topological polar surface area (TPSA) is 7.76 Å². The van der Waals surface area contributed by atoms with Gasteiger partial charge in [-0.1, -0.05) is 18.9 Å². The first kappa shape index (κ1) is 17.0. The highest BCUT2D eigenvalue weighted by Gasteiger charge is 2.22. The molecule has 2 heterocycles. The summed E-state index contributed by atoms with van der Waals surface area (Å²) in [5.41, 5.74) is 7.97. The molecule has 0 atom stereocenters. The standard InChI is InChI=1S/C24H28N2/c1-18-21(23-13-6-7-16-25(23)2)11-8-12-22(18)24-15-14-20(17-26(24)3)19-9-4-5-10-19/h6-8,11-17,19H,4-5,9-10H2,1-3H3/q+2. The van der Waals surface area contributed by atoms with Crippen molar-refractivity contribution < 1.29 is 9.13 Å². The van der Waals surface area contributed by atoms with Gasteiger partial charge in [-0.2, -0.15) is 0 Å². The van der Waals surface area contributed by atoms with Crippen LogP contribution in [0, 0.1) is 6.92 Å². The summed E-state index contributed by atoms with van der Waals surface area (Å²) in [4.78, 5) is 0. The normalized spacial score (nSPS) is 14.7. The minimum Gasteiger partial charge on any atom is -0.201 e. The van der Waals surface area contributed by atoms with Crippen molar-refractivity contribution in [2.75, 3.05) is 0 Å². The summed E-state index contributed by atoms with van der Waals surface area (Å²) in [5.74, 6) is 0.756. The van der Waals surface area contributed by atoms with Crippen molar-refractivity contribution in [3.63, 3.8) is 0 Å². The molecule has 2 aromatic heterocycles. The second kappa shape index (κ2) is 7.03. The average Bonchev–Trinajstić information content (AvgIpc) is 3.18. The van der Waals surface area contributed by atoms with E-state index in [1.54, 1.807) is 0 Å². The lowest BCUT2D eigenvalue weighted by molar-refractivity contribution is -0.661. The van der Waals surface area contributed by atoms with Crippen LogP contribution in [-0.4, -0.2) is 0 Å². The fourth-order valence-corrected chi connectivity index (χ4v) is 4.40. The highest BCUT2D eigenvalue weighted by molar-refractivity contribution is 5.73. The van der Waals surface area contributed by atoms with Crippen LogP contribution in [0.15, 0.2) is 60.9 Å². The first-order chi connectivity index (χ1) is 12.6. The Hall–Kier alpha value is -2.48. The number of benzene rings is 1. The molecule has 0 aliphatic heterocycles. The van der Waals surface area contributed by atoms with Gasteiger partial charge >= 0.3 is 0 Å². The monoisotopic (exact) mass is 344 g/mol. The molecular weight excluding hydrogens is 316 g/mol. The molecule has 1 aliphatic rings. The molecule has 0 spiro atoms. The predicted octanol–water partition coefficient (Wildman–Crippen LogP) is 4.64. The molecule has 4 rings (SSSR count). The molecule has 132 valence electrons. The van der Waals surface area contributed by atoms with Crippen LogP contribution < -0.4 is 9.13 Å². The Bertz CT molecular complexity index is 937. The van der Waals surface area contributed by atoms with Crippen LogP contribution >= 0.6 is 0 Å². The van der Waals surface area contributed by atoms with E-state index in [4.69, 9.17) is 0 Å². The summed E-state index contributed by atoms with van der Waals surface area (Å²) in [5, 5.41) is 0. The Kier molecular flexibility index (Phi) is 4.58. The minimum absolute atomic E-state index is 0.756. The summed E-state index contributed by atoms with van der Waals surface area (Å²) >= 11 is 0. The van der Waals surface area contributed by atoms with Gasteiger partial charge in [-0.15, -0.1) is 0 Å². The van der Waals surface area contributed by atoms with Crippen LogP contribution in [0.4, 0.5) is 0 Å². The smallest absolute Gasteiger partial charge is 0.201 e. The molecule has 0 radical (unpaired) electrons. The van der Waals surface area contributed by atoms with E-state index in [2.05, 4.69) is 91.1 Å². The van der Waals surface area contributed by atoms with Crippen molar-refractivity contribution in [2.24, 2.45) is 14.1 Å². The fourth-order valence-electron chi connectivity index (χ4n) is 4.40. The van der Waals surface area contributed by atoms with Gasteiger partial charge in [-0.25, -0.2) is 9.13 Å². The number of nitrogens with zero attached hydrogens (tertiary/aromatic N) is 2. The van der Waals surface area contributed by atoms with Gasteiger partial charge in [-0.3, -0.25) is 0 Å². The van der Waals surface area contributed by atoms with Crippen molar-refractivity contribution >= 4 is 0 Å². The SMILES string of the molecule is Cc1c(-c2cccc[n+]2C)cccc1-c1ccc(C2CCCC2)c[n+]1C. The zero-order valence-electron chi connectivity index (χ0n) is 16.1. The second-order valence-corrected chi connectivity index (χ2v) is 7.61. The third-order valence-corrected chi connectivity index (χ3v) is 5.92. The van der Waals surface area contributed by atoms with Crippen molar-refractivity contribution in [2.45, 2.75) is 38.5 Å². The molecule has 26 heavy (non-hydrogen) atoms. The van der Waals surface area contributed by atoms with Crippen LogP contribution in [0.5, 0.6) is 0 Å². The van der Waals surface area contributed by atoms with Crippen molar-refractivity contribution in [1.29, 1.82) is 0 Å². The van der Waals surface area contributed by atoms with Crippen LogP contribution in [0.1, 0.15) is 42.7 Å². The quantitative estimate of drug-likeness (QED) is 0.612. The van der Waals surface area contributed by atoms with E-state index < -0.39 is 0 Å². The van der Waals surface area contributed by atoms with Crippen molar-refractivity contribution in [1.82, 2.24) is 0 Å². The van der Waals surface area contributed by atoms with Crippen LogP contribution in [0.3, 0.4) is 0 Å². The number of pyridine rings is 2. The van der Waals surface area contributed by atoms with Crippen LogP contribution in [-0.2, 0) is 14.1 Å². The van der Waals surface area contributed by atoms with E-state index in [0.29, 0.717) is 0 Å². The summed E-state index contributed by atoms with van der Waals surface area (Å²) in [6.07, 6.45) is 9.91. The Balaban J connectivity index is 1.77. The third-order valence-electron chi connectivity index (χ3n) is 5.92. The Morgan fingerprint density at radius 2 is 1.46 bits per heavy atom. The van der Waals surface area contributed by atoms with Gasteiger partial charge < -0.3 is 0 Å². The highest BCUT2D eigenvalue weighted by Crippen LogP contribution is 2.34. The summed E-state index contributed by atoms with van der Waals surface area (Å²) in [6, 6.07) is 17.7. The van der Waals surface area contributed by atoms with Crippen LogP contribution in [0.2, 0.25) is 0 Å². The third kappa shape index (κ3) is 3.05. The molecule has 0 amide bonds. The largest absolute Gasteiger partial charge is 0.212 e. The minimum atomic E-state index is 0.756. The maximum absolute atomic E-state index is 2.35. The van der Waals surface area contributed by atoms with Gasteiger partial charge in [0.2, 0.25) is 11.4 Å². The van der Waals surface area contributed by atoms with E-state index in [0.717, 1.165) is 5.92 Å². The molecule has 2 nitrogen and oxygen atoms in total. The fraction of sp³-hybridized carbons (Fsp3) is 0.333. The first-order valence-corrected chi connectivity index (χ1v) is 9.70. The maximum atomic E-state index is 2.35. The maximum Gasteiger partial charge on any atom is 0.212 e. The number of aromatic nitrogens is 2. The van der Waals surface area contributed by atoms with Gasteiger partial charge in [0, 0.05) is 34.9 Å². The van der Waals surface area contributed by atoms with Gasteiger partial charge in [0.15, 0.2) is 12.4 Å². The van der Waals surface area contributed by atoms with Crippen molar-refractivity contribution in [3.05, 3.63) is 72.1 Å². The average molecular weight is 345 g/mol. The zero-order chi connectivity index (χ0) is 18.1. The molecule has 0 saturated heterocycles. The van der Waals surface area contributed by atoms with Crippen molar-refractivity contribution in [3.8, 4) is 22.5 Å². The summed E-state index contributed by atoms with van der Waals surface area (Å²) < 4.78 is 4.50. The van der Waals surface area contributed by atoms with E-state index in [1.807, 2.05) is 0 Å². The first-order valence-electron chi connectivity index (χ1n) is 9.70. The molecule has 2 heteroatoms. The lowest BCUT2D eigenvalue weighted by atomic mass is 9.95. The molecule has 0 N–H and O–H groups in total. The zero-order valence-corrected chi connectivity index (χ0v) is 16.1. The van der Waals surface area contributed by atoms with Gasteiger partial charge in [0.05, 0.1) is 0 Å². The summed E-state index contributed by atoms with van der Waals surface area (Å²) in [7, 11) is 4.29. The number of hydrogen-bond acceptors (Lipinski definition) is 0. The number of rotatable bonds is 3. The molecule has 0 bridgehead atoms. The molecule has 1 saturated carbocycles. The van der Waals surface area contributed by atoms with Gasteiger partial charge in [0.1, 0.15) is 14.1 Å². The van der Waals surface area contributed by atoms with E-state index in [1.165, 1.54) is 59.3 Å². The molecule has 0 unspecified atom stereocenters. The lowest BCUT2D eigenvalue weighted by Gasteiger charge is -2.11. The molecule has 3 aromatic rings. The Labute approximate surface area is 156 Å². The highest BCUT2D eigenvalue weighted by atomic mass is 14.9. The Morgan fingerprint density at radius 3 is 2.12 bits per heavy atom. The molecule has 1 fully saturated rings. The van der Waals surface area contributed by atoms with E-state index in [9.17, 15) is 0 Å². The van der Waals surface area contributed by atoms with E-state index in [-0.39, 0.29) is 0 Å². The van der Waals surface area contributed by atoms with Crippen LogP contribution in [0.25, 0.3) is 22.5 Å². The van der Waals surface area contributed by atoms with E-state index >= 15 is 0 Å². The number of hydrogen-bond donors (Lipinski definition) is 0. The molecular formula is C24H28N2+2. The molecule has 1 aliphatic carbocycles. The predicted molar refractivity (Wildman–Crippen MR) is 106 cm³/mol. The number of aryl methyl sites for hydroxylation is 2. The Morgan fingerprint density at radius 1 is 0.769 bits per heavy atom. The lowest BCUT2D eigenvalue weighted by Crippen LogP contribution is -2.32.